The van der Waals surface area contributed by atoms with Gasteiger partial charge in [-0.25, -0.2) is 4.98 Å². The molecule has 1 aromatic rings. The van der Waals surface area contributed by atoms with Gasteiger partial charge < -0.3 is 10.1 Å². The molecule has 0 saturated heterocycles. The van der Waals surface area contributed by atoms with Gasteiger partial charge in [0.2, 0.25) is 5.28 Å². The lowest BCUT2D eigenvalue weighted by Crippen LogP contribution is -2.11. The van der Waals surface area contributed by atoms with Crippen LogP contribution in [0.3, 0.4) is 0 Å². The second-order valence-corrected chi connectivity index (χ2v) is 3.97. The number of aromatic nitrogens is 2. The highest BCUT2D eigenvalue weighted by Crippen LogP contribution is 2.18. The standard InChI is InChI=1S/C10H15Cl2N3O/c1-2-3-5-16-6-4-13-9-8(11)7-14-10(12)15-9/h7H,2-6H2,1H3,(H,13,14,15). The first kappa shape index (κ1) is 13.5. The third-order valence-corrected chi connectivity index (χ3v) is 2.35. The monoisotopic (exact) mass is 263 g/mol. The van der Waals surface area contributed by atoms with Gasteiger partial charge in [-0.05, 0) is 18.0 Å². The summed E-state index contributed by atoms with van der Waals surface area (Å²) in [5.74, 6) is 0.542. The number of hydrogen-bond acceptors (Lipinski definition) is 4. The van der Waals surface area contributed by atoms with Crippen molar-refractivity contribution in [3.8, 4) is 0 Å². The Morgan fingerprint density at radius 3 is 2.94 bits per heavy atom. The van der Waals surface area contributed by atoms with Crippen molar-refractivity contribution in [3.63, 3.8) is 0 Å². The average Bonchev–Trinajstić information content (AvgIpc) is 2.28. The van der Waals surface area contributed by atoms with E-state index in [1.807, 2.05) is 0 Å². The maximum Gasteiger partial charge on any atom is 0.224 e. The van der Waals surface area contributed by atoms with Crippen molar-refractivity contribution in [1.82, 2.24) is 9.97 Å². The Balaban J connectivity index is 2.23. The molecule has 0 atom stereocenters. The zero-order chi connectivity index (χ0) is 11.8. The summed E-state index contributed by atoms with van der Waals surface area (Å²) in [4.78, 5) is 7.72. The molecule has 6 heteroatoms. The summed E-state index contributed by atoms with van der Waals surface area (Å²) in [6.45, 7) is 4.19. The van der Waals surface area contributed by atoms with Crippen LogP contribution < -0.4 is 5.32 Å². The molecular weight excluding hydrogens is 249 g/mol. The predicted molar refractivity (Wildman–Crippen MR) is 66.3 cm³/mol. The summed E-state index contributed by atoms with van der Waals surface area (Å²) in [5.41, 5.74) is 0. The Labute approximate surface area is 105 Å². The molecule has 0 saturated carbocycles. The fourth-order valence-electron chi connectivity index (χ4n) is 1.06. The summed E-state index contributed by atoms with van der Waals surface area (Å²) < 4.78 is 5.38. The normalized spacial score (nSPS) is 10.4. The van der Waals surface area contributed by atoms with E-state index >= 15 is 0 Å². The van der Waals surface area contributed by atoms with Gasteiger partial charge in [-0.1, -0.05) is 24.9 Å². The molecule has 0 unspecified atom stereocenters. The van der Waals surface area contributed by atoms with Crippen molar-refractivity contribution in [2.75, 3.05) is 25.1 Å². The van der Waals surface area contributed by atoms with Crippen molar-refractivity contribution in [2.24, 2.45) is 0 Å². The van der Waals surface area contributed by atoms with Crippen LogP contribution in [-0.4, -0.2) is 29.7 Å². The lowest BCUT2D eigenvalue weighted by Gasteiger charge is -2.07. The molecule has 0 amide bonds. The predicted octanol–water partition coefficient (Wildman–Crippen LogP) is 3.01. The largest absolute Gasteiger partial charge is 0.380 e. The van der Waals surface area contributed by atoms with Crippen LogP contribution in [0.25, 0.3) is 0 Å². The van der Waals surface area contributed by atoms with Gasteiger partial charge in [0, 0.05) is 13.2 Å². The Morgan fingerprint density at radius 2 is 2.19 bits per heavy atom. The van der Waals surface area contributed by atoms with Crippen molar-refractivity contribution in [1.29, 1.82) is 0 Å². The van der Waals surface area contributed by atoms with Crippen LogP contribution in [0.5, 0.6) is 0 Å². The van der Waals surface area contributed by atoms with E-state index in [0.29, 0.717) is 24.0 Å². The van der Waals surface area contributed by atoms with E-state index in [1.54, 1.807) is 0 Å². The van der Waals surface area contributed by atoms with Gasteiger partial charge in [-0.3, -0.25) is 0 Å². The minimum atomic E-state index is 0.179. The van der Waals surface area contributed by atoms with Crippen molar-refractivity contribution in [2.45, 2.75) is 19.8 Å². The topological polar surface area (TPSA) is 47.0 Å². The number of unbranched alkanes of at least 4 members (excludes halogenated alkanes) is 1. The Kier molecular flexibility index (Phi) is 6.45. The molecule has 0 radical (unpaired) electrons. The lowest BCUT2D eigenvalue weighted by atomic mass is 10.4. The first-order chi connectivity index (χ1) is 7.74. The third kappa shape index (κ3) is 4.96. The molecule has 0 aromatic carbocycles. The molecule has 1 aromatic heterocycles. The van der Waals surface area contributed by atoms with Crippen LogP contribution >= 0.6 is 23.2 Å². The van der Waals surface area contributed by atoms with E-state index < -0.39 is 0 Å². The summed E-state index contributed by atoms with van der Waals surface area (Å²) in [5, 5.41) is 3.67. The van der Waals surface area contributed by atoms with Gasteiger partial charge in [0.15, 0.2) is 0 Å². The smallest absolute Gasteiger partial charge is 0.224 e. The fourth-order valence-corrected chi connectivity index (χ4v) is 1.35. The van der Waals surface area contributed by atoms with E-state index in [9.17, 15) is 0 Å². The van der Waals surface area contributed by atoms with Crippen LogP contribution in [0.4, 0.5) is 5.82 Å². The van der Waals surface area contributed by atoms with E-state index in [2.05, 4.69) is 22.2 Å². The number of nitrogens with zero attached hydrogens (tertiary/aromatic N) is 2. The molecule has 1 heterocycles. The second-order valence-electron chi connectivity index (χ2n) is 3.23. The molecule has 1 N–H and O–H groups in total. The van der Waals surface area contributed by atoms with E-state index in [0.717, 1.165) is 19.4 Å². The van der Waals surface area contributed by atoms with Crippen molar-refractivity contribution >= 4 is 29.0 Å². The van der Waals surface area contributed by atoms with Gasteiger partial charge in [-0.2, -0.15) is 4.98 Å². The van der Waals surface area contributed by atoms with Gasteiger partial charge in [-0.15, -0.1) is 0 Å². The van der Waals surface area contributed by atoms with Crippen LogP contribution in [0.1, 0.15) is 19.8 Å². The number of ether oxygens (including phenoxy) is 1. The van der Waals surface area contributed by atoms with Crippen LogP contribution in [0, 0.1) is 0 Å². The third-order valence-electron chi connectivity index (χ3n) is 1.90. The highest BCUT2D eigenvalue weighted by molar-refractivity contribution is 6.33. The highest BCUT2D eigenvalue weighted by atomic mass is 35.5. The quantitative estimate of drug-likeness (QED) is 0.607. The molecule has 16 heavy (non-hydrogen) atoms. The van der Waals surface area contributed by atoms with Crippen molar-refractivity contribution in [3.05, 3.63) is 16.5 Å². The maximum absolute atomic E-state index is 5.87. The molecule has 4 nitrogen and oxygen atoms in total. The lowest BCUT2D eigenvalue weighted by molar-refractivity contribution is 0.141. The Bertz CT molecular complexity index is 323. The molecule has 0 fully saturated rings. The molecule has 0 spiro atoms. The first-order valence-electron chi connectivity index (χ1n) is 5.23. The molecule has 1 rings (SSSR count). The molecule has 90 valence electrons. The SMILES string of the molecule is CCCCOCCNc1nc(Cl)ncc1Cl. The first-order valence-corrected chi connectivity index (χ1v) is 5.99. The maximum atomic E-state index is 5.87. The number of hydrogen-bond donors (Lipinski definition) is 1. The van der Waals surface area contributed by atoms with Gasteiger partial charge in [0.25, 0.3) is 0 Å². The van der Waals surface area contributed by atoms with Crippen LogP contribution in [-0.2, 0) is 4.74 Å². The average molecular weight is 264 g/mol. The molecular formula is C10H15Cl2N3O. The number of halogens is 2. The van der Waals surface area contributed by atoms with Gasteiger partial charge in [0.1, 0.15) is 10.8 Å². The minimum absolute atomic E-state index is 0.179. The molecule has 0 aliphatic carbocycles. The summed E-state index contributed by atoms with van der Waals surface area (Å²) in [7, 11) is 0. The summed E-state index contributed by atoms with van der Waals surface area (Å²) in [6.07, 6.45) is 3.69. The Morgan fingerprint density at radius 1 is 1.38 bits per heavy atom. The zero-order valence-electron chi connectivity index (χ0n) is 9.17. The fraction of sp³-hybridized carbons (Fsp3) is 0.600. The highest BCUT2D eigenvalue weighted by Gasteiger charge is 2.02. The van der Waals surface area contributed by atoms with Crippen LogP contribution in [0.2, 0.25) is 10.3 Å². The number of rotatable bonds is 7. The van der Waals surface area contributed by atoms with Crippen molar-refractivity contribution < 1.29 is 4.74 Å². The zero-order valence-corrected chi connectivity index (χ0v) is 10.7. The van der Waals surface area contributed by atoms with E-state index in [1.165, 1.54) is 6.20 Å². The van der Waals surface area contributed by atoms with Gasteiger partial charge in [0.05, 0.1) is 12.8 Å². The molecule has 0 bridgehead atoms. The Hall–Kier alpha value is -0.580. The van der Waals surface area contributed by atoms with Crippen LogP contribution in [0.15, 0.2) is 6.20 Å². The second kappa shape index (κ2) is 7.65. The summed E-state index contributed by atoms with van der Waals surface area (Å²) >= 11 is 11.5. The minimum Gasteiger partial charge on any atom is -0.380 e. The van der Waals surface area contributed by atoms with Gasteiger partial charge >= 0.3 is 0 Å². The van der Waals surface area contributed by atoms with E-state index in [4.69, 9.17) is 27.9 Å². The van der Waals surface area contributed by atoms with E-state index in [-0.39, 0.29) is 5.28 Å². The summed E-state index contributed by atoms with van der Waals surface area (Å²) in [6, 6.07) is 0. The molecule has 0 aliphatic heterocycles. The number of anilines is 1. The molecule has 0 aliphatic rings. The number of nitrogens with one attached hydrogen (secondary N) is 1.